The van der Waals surface area contributed by atoms with Crippen molar-refractivity contribution in [2.45, 2.75) is 43.4 Å². The predicted octanol–water partition coefficient (Wildman–Crippen LogP) is 4.33. The smallest absolute Gasteiger partial charge is 0.0314 e. The zero-order valence-corrected chi connectivity index (χ0v) is 10.6. The van der Waals surface area contributed by atoms with E-state index in [1.54, 1.807) is 0 Å². The number of benzene rings is 1. The first-order valence-electron chi connectivity index (χ1n) is 6.33. The van der Waals surface area contributed by atoms with Crippen molar-refractivity contribution < 1.29 is 0 Å². The van der Waals surface area contributed by atoms with Crippen molar-refractivity contribution in [1.82, 2.24) is 0 Å². The molecule has 1 aromatic rings. The number of hydrogen-bond acceptors (Lipinski definition) is 2. The lowest BCUT2D eigenvalue weighted by atomic mass is 10.1. The Balaban J connectivity index is 1.51. The highest BCUT2D eigenvalue weighted by atomic mass is 32.2. The Morgan fingerprint density at radius 1 is 1.06 bits per heavy atom. The fraction of sp³-hybridized carbons (Fsp3) is 0.571. The summed E-state index contributed by atoms with van der Waals surface area (Å²) in [5, 5.41) is 0. The molecule has 2 heteroatoms. The minimum atomic E-state index is 0.855. The third-order valence-electron chi connectivity index (χ3n) is 3.10. The number of anilines is 1. The van der Waals surface area contributed by atoms with Crippen LogP contribution in [0.25, 0.3) is 0 Å². The van der Waals surface area contributed by atoms with Crippen LogP contribution in [0.5, 0.6) is 0 Å². The Kier molecular flexibility index (Phi) is 4.58. The fourth-order valence-electron chi connectivity index (χ4n) is 1.87. The van der Waals surface area contributed by atoms with Gasteiger partial charge in [-0.25, -0.2) is 0 Å². The Labute approximate surface area is 103 Å². The van der Waals surface area contributed by atoms with E-state index in [-0.39, 0.29) is 0 Å². The van der Waals surface area contributed by atoms with Crippen LogP contribution in [0, 0.1) is 5.92 Å². The molecule has 0 radical (unpaired) electrons. The summed E-state index contributed by atoms with van der Waals surface area (Å²) < 4.78 is 0. The molecule has 0 aromatic heterocycles. The van der Waals surface area contributed by atoms with Gasteiger partial charge in [-0.2, -0.15) is 0 Å². The first-order chi connectivity index (χ1) is 7.84. The summed E-state index contributed by atoms with van der Waals surface area (Å²) in [6, 6.07) is 8.19. The summed E-state index contributed by atoms with van der Waals surface area (Å²) >= 11 is 1.95. The lowest BCUT2D eigenvalue weighted by Gasteiger charge is -2.02. The van der Waals surface area contributed by atoms with Gasteiger partial charge in [0, 0.05) is 10.6 Å². The van der Waals surface area contributed by atoms with E-state index in [2.05, 4.69) is 12.1 Å². The molecule has 1 saturated carbocycles. The molecule has 0 unspecified atom stereocenters. The molecule has 2 N–H and O–H groups in total. The van der Waals surface area contributed by atoms with Crippen molar-refractivity contribution in [3.63, 3.8) is 0 Å². The quantitative estimate of drug-likeness (QED) is 0.432. The van der Waals surface area contributed by atoms with Gasteiger partial charge in [-0.05, 0) is 42.4 Å². The van der Waals surface area contributed by atoms with Gasteiger partial charge in [0.25, 0.3) is 0 Å². The van der Waals surface area contributed by atoms with E-state index < -0.39 is 0 Å². The fourth-order valence-corrected chi connectivity index (χ4v) is 2.79. The lowest BCUT2D eigenvalue weighted by Crippen LogP contribution is -1.85. The molecule has 0 heterocycles. The van der Waals surface area contributed by atoms with Gasteiger partial charge in [0.15, 0.2) is 0 Å². The van der Waals surface area contributed by atoms with Gasteiger partial charge in [-0.1, -0.05) is 32.1 Å². The predicted molar refractivity (Wildman–Crippen MR) is 72.8 cm³/mol. The van der Waals surface area contributed by atoms with Crippen molar-refractivity contribution in [2.24, 2.45) is 5.92 Å². The highest BCUT2D eigenvalue weighted by Gasteiger charge is 2.19. The SMILES string of the molecule is Nc1ccc(SCCCCCC2CC2)cc1. The first kappa shape index (κ1) is 11.8. The standard InChI is InChI=1S/C14H21NS/c15-13-7-9-14(10-8-13)16-11-3-1-2-4-12-5-6-12/h7-10,12H,1-6,11,15H2. The number of thioether (sulfide) groups is 1. The second kappa shape index (κ2) is 6.19. The molecule has 16 heavy (non-hydrogen) atoms. The zero-order chi connectivity index (χ0) is 11.2. The molecule has 1 nitrogen and oxygen atoms in total. The lowest BCUT2D eigenvalue weighted by molar-refractivity contribution is 0.623. The van der Waals surface area contributed by atoms with Crippen molar-refractivity contribution >= 4 is 17.4 Å². The van der Waals surface area contributed by atoms with E-state index in [4.69, 9.17) is 5.73 Å². The summed E-state index contributed by atoms with van der Waals surface area (Å²) in [7, 11) is 0. The number of nitrogen functional groups attached to an aromatic ring is 1. The molecule has 1 aliphatic carbocycles. The Morgan fingerprint density at radius 2 is 1.81 bits per heavy atom. The summed E-state index contributed by atoms with van der Waals surface area (Å²) in [5.41, 5.74) is 6.50. The average molecular weight is 235 g/mol. The molecule has 0 bridgehead atoms. The number of nitrogens with two attached hydrogens (primary N) is 1. The largest absolute Gasteiger partial charge is 0.399 e. The molecule has 0 aliphatic heterocycles. The van der Waals surface area contributed by atoms with Crippen LogP contribution in [0.15, 0.2) is 29.2 Å². The molecular formula is C14H21NS. The van der Waals surface area contributed by atoms with Crippen LogP contribution in [0.4, 0.5) is 5.69 Å². The van der Waals surface area contributed by atoms with Crippen LogP contribution in [0.1, 0.15) is 38.5 Å². The average Bonchev–Trinajstić information content (AvgIpc) is 3.10. The number of rotatable bonds is 7. The maximum Gasteiger partial charge on any atom is 0.0314 e. The number of unbranched alkanes of at least 4 members (excludes halogenated alkanes) is 2. The van der Waals surface area contributed by atoms with Crippen molar-refractivity contribution in [3.05, 3.63) is 24.3 Å². The van der Waals surface area contributed by atoms with Gasteiger partial charge in [0.05, 0.1) is 0 Å². The van der Waals surface area contributed by atoms with Gasteiger partial charge >= 0.3 is 0 Å². The molecule has 0 spiro atoms. The molecule has 2 rings (SSSR count). The van der Waals surface area contributed by atoms with Gasteiger partial charge in [0.1, 0.15) is 0 Å². The van der Waals surface area contributed by atoms with E-state index in [1.807, 2.05) is 23.9 Å². The van der Waals surface area contributed by atoms with Gasteiger partial charge < -0.3 is 5.73 Å². The van der Waals surface area contributed by atoms with Crippen LogP contribution < -0.4 is 5.73 Å². The van der Waals surface area contributed by atoms with Crippen LogP contribution in [0.2, 0.25) is 0 Å². The second-order valence-electron chi connectivity index (χ2n) is 4.71. The van der Waals surface area contributed by atoms with Crippen LogP contribution in [0.3, 0.4) is 0 Å². The van der Waals surface area contributed by atoms with Crippen LogP contribution >= 0.6 is 11.8 Å². The third-order valence-corrected chi connectivity index (χ3v) is 4.20. The highest BCUT2D eigenvalue weighted by Crippen LogP contribution is 2.34. The maximum absolute atomic E-state index is 5.65. The van der Waals surface area contributed by atoms with Crippen molar-refractivity contribution in [1.29, 1.82) is 0 Å². The first-order valence-corrected chi connectivity index (χ1v) is 7.31. The zero-order valence-electron chi connectivity index (χ0n) is 9.82. The van der Waals surface area contributed by atoms with Gasteiger partial charge in [0.2, 0.25) is 0 Å². The summed E-state index contributed by atoms with van der Waals surface area (Å²) in [6.07, 6.45) is 8.67. The van der Waals surface area contributed by atoms with Crippen LogP contribution in [-0.4, -0.2) is 5.75 Å². The summed E-state index contributed by atoms with van der Waals surface area (Å²) in [6.45, 7) is 0. The molecule has 88 valence electrons. The van der Waals surface area contributed by atoms with Crippen molar-refractivity contribution in [2.75, 3.05) is 11.5 Å². The van der Waals surface area contributed by atoms with Gasteiger partial charge in [-0.3, -0.25) is 0 Å². The Morgan fingerprint density at radius 3 is 2.50 bits per heavy atom. The van der Waals surface area contributed by atoms with E-state index >= 15 is 0 Å². The molecule has 0 amide bonds. The molecule has 1 aliphatic rings. The summed E-state index contributed by atoms with van der Waals surface area (Å²) in [5.74, 6) is 2.35. The molecule has 0 atom stereocenters. The Bertz CT molecular complexity index is 303. The second-order valence-corrected chi connectivity index (χ2v) is 5.88. The van der Waals surface area contributed by atoms with Gasteiger partial charge in [-0.15, -0.1) is 11.8 Å². The third kappa shape index (κ3) is 4.48. The monoisotopic (exact) mass is 235 g/mol. The summed E-state index contributed by atoms with van der Waals surface area (Å²) in [4.78, 5) is 1.34. The highest BCUT2D eigenvalue weighted by molar-refractivity contribution is 7.99. The normalized spacial score (nSPS) is 15.2. The maximum atomic E-state index is 5.65. The topological polar surface area (TPSA) is 26.0 Å². The van der Waals surface area contributed by atoms with Crippen LogP contribution in [-0.2, 0) is 0 Å². The minimum absolute atomic E-state index is 0.855. The number of hydrogen-bond donors (Lipinski definition) is 1. The van der Waals surface area contributed by atoms with E-state index in [9.17, 15) is 0 Å². The Hall–Kier alpha value is -0.630. The minimum Gasteiger partial charge on any atom is -0.399 e. The molecule has 1 aromatic carbocycles. The molecule has 1 fully saturated rings. The molecule has 0 saturated heterocycles. The van der Waals surface area contributed by atoms with E-state index in [0.29, 0.717) is 0 Å². The molecular weight excluding hydrogens is 214 g/mol. The van der Waals surface area contributed by atoms with E-state index in [0.717, 1.165) is 11.6 Å². The van der Waals surface area contributed by atoms with E-state index in [1.165, 1.54) is 49.2 Å². The van der Waals surface area contributed by atoms with Crippen molar-refractivity contribution in [3.8, 4) is 0 Å².